The van der Waals surface area contributed by atoms with Crippen molar-refractivity contribution in [2.45, 2.75) is 19.9 Å². The van der Waals surface area contributed by atoms with Crippen molar-refractivity contribution < 1.29 is 0 Å². The van der Waals surface area contributed by atoms with Crippen LogP contribution in [0.1, 0.15) is 19.4 Å². The molecule has 19 heavy (non-hydrogen) atoms. The monoisotopic (exact) mass is 271 g/mol. The number of nitriles is 1. The molecule has 1 N–H and O–H groups in total. The number of aromatic nitrogens is 1. The topological polar surface area (TPSA) is 48.7 Å². The molecule has 0 radical (unpaired) electrons. The van der Waals surface area contributed by atoms with Crippen LogP contribution >= 0.6 is 11.6 Å². The van der Waals surface area contributed by atoms with Gasteiger partial charge >= 0.3 is 0 Å². The second kappa shape index (κ2) is 5.73. The van der Waals surface area contributed by atoms with Gasteiger partial charge in [-0.2, -0.15) is 5.26 Å². The number of benzene rings is 1. The summed E-state index contributed by atoms with van der Waals surface area (Å²) in [4.78, 5) is 4.07. The van der Waals surface area contributed by atoms with Gasteiger partial charge in [-0.05, 0) is 19.4 Å². The maximum absolute atomic E-state index is 9.32. The van der Waals surface area contributed by atoms with Crippen LogP contribution in [0.15, 0.2) is 36.5 Å². The molecule has 1 heterocycles. The average molecular weight is 272 g/mol. The number of pyridine rings is 1. The lowest BCUT2D eigenvalue weighted by molar-refractivity contribution is 0.898. The first-order valence-electron chi connectivity index (χ1n) is 6.04. The van der Waals surface area contributed by atoms with Gasteiger partial charge < -0.3 is 5.32 Å². The Labute approximate surface area is 117 Å². The lowest BCUT2D eigenvalue weighted by atomic mass is 10.00. The molecular weight excluding hydrogens is 258 g/mol. The van der Waals surface area contributed by atoms with Crippen LogP contribution < -0.4 is 5.32 Å². The van der Waals surface area contributed by atoms with E-state index in [1.807, 2.05) is 44.2 Å². The molecule has 0 aliphatic heterocycles. The van der Waals surface area contributed by atoms with E-state index in [4.69, 9.17) is 11.6 Å². The summed E-state index contributed by atoms with van der Waals surface area (Å²) < 4.78 is 0. The zero-order chi connectivity index (χ0) is 13.8. The molecule has 0 fully saturated rings. The fourth-order valence-electron chi connectivity index (χ4n) is 1.92. The van der Waals surface area contributed by atoms with E-state index in [0.29, 0.717) is 5.56 Å². The van der Waals surface area contributed by atoms with Gasteiger partial charge in [-0.25, -0.2) is 4.98 Å². The van der Waals surface area contributed by atoms with Crippen molar-refractivity contribution in [1.29, 1.82) is 5.26 Å². The highest BCUT2D eigenvalue weighted by Gasteiger charge is 2.15. The number of nitrogens with zero attached hydrogens (tertiary/aromatic N) is 2. The fourth-order valence-corrected chi connectivity index (χ4v) is 2.10. The average Bonchev–Trinajstić information content (AvgIpc) is 2.41. The summed E-state index contributed by atoms with van der Waals surface area (Å²) in [7, 11) is 0. The van der Waals surface area contributed by atoms with Crippen LogP contribution in [0.2, 0.25) is 5.15 Å². The van der Waals surface area contributed by atoms with Crippen LogP contribution in [0.5, 0.6) is 0 Å². The lowest BCUT2D eigenvalue weighted by Gasteiger charge is -2.16. The second-order valence-electron chi connectivity index (χ2n) is 4.49. The van der Waals surface area contributed by atoms with Gasteiger partial charge in [0.2, 0.25) is 0 Å². The van der Waals surface area contributed by atoms with Gasteiger partial charge in [-0.3, -0.25) is 0 Å². The van der Waals surface area contributed by atoms with E-state index in [2.05, 4.69) is 16.4 Å². The fraction of sp³-hybridized carbons (Fsp3) is 0.200. The Bertz CT molecular complexity index is 615. The van der Waals surface area contributed by atoms with Gasteiger partial charge in [-0.1, -0.05) is 41.9 Å². The van der Waals surface area contributed by atoms with Crippen molar-refractivity contribution in [1.82, 2.24) is 4.98 Å². The number of hydrogen-bond donors (Lipinski definition) is 1. The third-order valence-corrected chi connectivity index (χ3v) is 2.94. The van der Waals surface area contributed by atoms with E-state index in [-0.39, 0.29) is 11.2 Å². The first kappa shape index (κ1) is 13.4. The van der Waals surface area contributed by atoms with Crippen molar-refractivity contribution in [3.05, 3.63) is 47.2 Å². The third kappa shape index (κ3) is 2.86. The standard InChI is InChI=1S/C15H14ClN3/c1-10(2)19-13-9-18-15(16)12(8-17)14(13)11-6-4-3-5-7-11/h3-7,9-10,19H,1-2H3. The molecule has 2 rings (SSSR count). The van der Waals surface area contributed by atoms with E-state index in [0.717, 1.165) is 16.8 Å². The molecule has 0 aliphatic carbocycles. The summed E-state index contributed by atoms with van der Waals surface area (Å²) in [6.07, 6.45) is 1.67. The molecule has 0 aliphatic rings. The van der Waals surface area contributed by atoms with Crippen LogP contribution in [-0.4, -0.2) is 11.0 Å². The van der Waals surface area contributed by atoms with Gasteiger partial charge in [0.15, 0.2) is 0 Å². The Morgan fingerprint density at radius 3 is 2.53 bits per heavy atom. The van der Waals surface area contributed by atoms with Gasteiger partial charge in [-0.15, -0.1) is 0 Å². The molecule has 0 saturated heterocycles. The Hall–Kier alpha value is -2.05. The largest absolute Gasteiger partial charge is 0.381 e. The number of rotatable bonds is 3. The van der Waals surface area contributed by atoms with Gasteiger partial charge in [0, 0.05) is 11.6 Å². The van der Waals surface area contributed by atoms with E-state index in [1.165, 1.54) is 0 Å². The van der Waals surface area contributed by atoms with Gasteiger partial charge in [0.1, 0.15) is 11.2 Å². The first-order chi connectivity index (χ1) is 9.13. The highest BCUT2D eigenvalue weighted by atomic mass is 35.5. The molecule has 0 unspecified atom stereocenters. The smallest absolute Gasteiger partial charge is 0.147 e. The summed E-state index contributed by atoms with van der Waals surface area (Å²) in [6, 6.07) is 12.1. The molecule has 0 amide bonds. The first-order valence-corrected chi connectivity index (χ1v) is 6.42. The van der Waals surface area contributed by atoms with Gasteiger partial charge in [0.25, 0.3) is 0 Å². The number of nitrogens with one attached hydrogen (secondary N) is 1. The van der Waals surface area contributed by atoms with Crippen molar-refractivity contribution in [3.8, 4) is 17.2 Å². The molecule has 3 nitrogen and oxygen atoms in total. The SMILES string of the molecule is CC(C)Nc1cnc(Cl)c(C#N)c1-c1ccccc1. The minimum Gasteiger partial charge on any atom is -0.381 e. The van der Waals surface area contributed by atoms with E-state index in [9.17, 15) is 5.26 Å². The Morgan fingerprint density at radius 1 is 1.26 bits per heavy atom. The molecule has 0 spiro atoms. The molecule has 0 saturated carbocycles. The van der Waals surface area contributed by atoms with Crippen molar-refractivity contribution in [2.75, 3.05) is 5.32 Å². The summed E-state index contributed by atoms with van der Waals surface area (Å²) in [6.45, 7) is 4.07. The molecule has 2 aromatic rings. The zero-order valence-corrected chi connectivity index (χ0v) is 11.6. The van der Waals surface area contributed by atoms with Crippen LogP contribution in [0, 0.1) is 11.3 Å². The van der Waals surface area contributed by atoms with Crippen LogP contribution in [-0.2, 0) is 0 Å². The lowest BCUT2D eigenvalue weighted by Crippen LogP contribution is -2.11. The molecule has 0 bridgehead atoms. The molecule has 1 aromatic heterocycles. The Balaban J connectivity index is 2.67. The summed E-state index contributed by atoms with van der Waals surface area (Å²) >= 11 is 6.03. The van der Waals surface area contributed by atoms with Crippen LogP contribution in [0.4, 0.5) is 5.69 Å². The highest BCUT2D eigenvalue weighted by molar-refractivity contribution is 6.31. The Kier molecular flexibility index (Phi) is 4.03. The molecule has 0 atom stereocenters. The van der Waals surface area contributed by atoms with E-state index in [1.54, 1.807) is 6.20 Å². The van der Waals surface area contributed by atoms with Crippen molar-refractivity contribution in [2.24, 2.45) is 0 Å². The minimum atomic E-state index is 0.232. The normalized spacial score (nSPS) is 10.3. The van der Waals surface area contributed by atoms with E-state index < -0.39 is 0 Å². The maximum Gasteiger partial charge on any atom is 0.147 e. The quantitative estimate of drug-likeness (QED) is 0.855. The van der Waals surface area contributed by atoms with Gasteiger partial charge in [0.05, 0.1) is 17.4 Å². The third-order valence-electron chi connectivity index (χ3n) is 2.65. The minimum absolute atomic E-state index is 0.232. The second-order valence-corrected chi connectivity index (χ2v) is 4.85. The summed E-state index contributed by atoms with van der Waals surface area (Å²) in [5.41, 5.74) is 2.98. The molecular formula is C15H14ClN3. The predicted molar refractivity (Wildman–Crippen MR) is 78.2 cm³/mol. The number of halogens is 1. The van der Waals surface area contributed by atoms with E-state index >= 15 is 0 Å². The van der Waals surface area contributed by atoms with Crippen LogP contribution in [0.3, 0.4) is 0 Å². The predicted octanol–water partition coefficient (Wildman–Crippen LogP) is 4.09. The maximum atomic E-state index is 9.32. The zero-order valence-electron chi connectivity index (χ0n) is 10.8. The van der Waals surface area contributed by atoms with Crippen LogP contribution in [0.25, 0.3) is 11.1 Å². The molecule has 96 valence electrons. The summed E-state index contributed by atoms with van der Waals surface area (Å²) in [5.74, 6) is 0. The van der Waals surface area contributed by atoms with Crippen molar-refractivity contribution >= 4 is 17.3 Å². The molecule has 1 aromatic carbocycles. The summed E-state index contributed by atoms with van der Waals surface area (Å²) in [5, 5.41) is 12.9. The Morgan fingerprint density at radius 2 is 1.95 bits per heavy atom. The highest BCUT2D eigenvalue weighted by Crippen LogP contribution is 2.34. The molecule has 4 heteroatoms. The number of hydrogen-bond acceptors (Lipinski definition) is 3. The number of anilines is 1. The van der Waals surface area contributed by atoms with Crippen molar-refractivity contribution in [3.63, 3.8) is 0 Å².